The van der Waals surface area contributed by atoms with Crippen molar-refractivity contribution in [3.8, 4) is 5.75 Å². The topological polar surface area (TPSA) is 105 Å². The molecule has 0 aliphatic carbocycles. The Bertz CT molecular complexity index is 1420. The van der Waals surface area contributed by atoms with Gasteiger partial charge in [0.1, 0.15) is 11.3 Å². The molecule has 1 aliphatic heterocycles. The lowest BCUT2D eigenvalue weighted by atomic mass is 10.1. The predicted octanol–water partition coefficient (Wildman–Crippen LogP) is 4.99. The first kappa shape index (κ1) is 25.0. The summed E-state index contributed by atoms with van der Waals surface area (Å²) in [6, 6.07) is 17.1. The fourth-order valence-corrected chi connectivity index (χ4v) is 3.73. The van der Waals surface area contributed by atoms with Gasteiger partial charge in [-0.25, -0.2) is 9.69 Å². The quantitative estimate of drug-likeness (QED) is 0.350. The molecule has 8 nitrogen and oxygen atoms in total. The minimum Gasteiger partial charge on any atom is -0.484 e. The van der Waals surface area contributed by atoms with Crippen molar-refractivity contribution in [2.45, 2.75) is 6.92 Å². The molecular weight excluding hydrogens is 505 g/mol. The van der Waals surface area contributed by atoms with E-state index in [2.05, 4.69) is 10.6 Å². The molecule has 0 radical (unpaired) electrons. The number of nitrogens with one attached hydrogen (secondary N) is 2. The maximum atomic E-state index is 13.1. The van der Waals surface area contributed by atoms with Crippen LogP contribution in [0.5, 0.6) is 5.75 Å². The number of aryl methyl sites for hydroxylation is 1. The second-order valence-corrected chi connectivity index (χ2v) is 8.59. The summed E-state index contributed by atoms with van der Waals surface area (Å²) in [7, 11) is 0. The molecule has 0 atom stereocenters. The average Bonchev–Trinajstić information content (AvgIpc) is 2.84. The van der Waals surface area contributed by atoms with E-state index in [1.807, 2.05) is 0 Å². The molecule has 1 saturated heterocycles. The van der Waals surface area contributed by atoms with Gasteiger partial charge in [0.05, 0.1) is 16.4 Å². The average molecular weight is 524 g/mol. The highest BCUT2D eigenvalue weighted by atomic mass is 35.5. The van der Waals surface area contributed by atoms with Gasteiger partial charge in [-0.2, -0.15) is 0 Å². The van der Waals surface area contributed by atoms with Crippen LogP contribution in [0, 0.1) is 6.92 Å². The van der Waals surface area contributed by atoms with Crippen LogP contribution in [0.15, 0.2) is 72.3 Å². The fraction of sp³-hybridized carbons (Fsp3) is 0.0769. The summed E-state index contributed by atoms with van der Waals surface area (Å²) in [4.78, 5) is 51.0. The molecule has 1 aliphatic rings. The van der Waals surface area contributed by atoms with E-state index < -0.39 is 23.8 Å². The molecule has 5 amide bonds. The number of amides is 5. The van der Waals surface area contributed by atoms with E-state index in [1.54, 1.807) is 67.6 Å². The lowest BCUT2D eigenvalue weighted by Crippen LogP contribution is -2.54. The summed E-state index contributed by atoms with van der Waals surface area (Å²) in [5, 5.41) is 5.59. The zero-order valence-electron chi connectivity index (χ0n) is 18.9. The van der Waals surface area contributed by atoms with E-state index in [0.29, 0.717) is 27.0 Å². The maximum absolute atomic E-state index is 13.1. The van der Waals surface area contributed by atoms with E-state index >= 15 is 0 Å². The number of nitrogens with zero attached hydrogens (tertiary/aromatic N) is 1. The first-order chi connectivity index (χ1) is 17.2. The molecule has 3 aromatic rings. The van der Waals surface area contributed by atoms with Gasteiger partial charge >= 0.3 is 6.03 Å². The molecule has 0 saturated carbocycles. The second kappa shape index (κ2) is 10.6. The van der Waals surface area contributed by atoms with Crippen molar-refractivity contribution < 1.29 is 23.9 Å². The van der Waals surface area contributed by atoms with Gasteiger partial charge in [-0.1, -0.05) is 53.5 Å². The summed E-state index contributed by atoms with van der Waals surface area (Å²) >= 11 is 12.2. The summed E-state index contributed by atoms with van der Waals surface area (Å²) in [5.74, 6) is -1.71. The van der Waals surface area contributed by atoms with Crippen molar-refractivity contribution in [3.63, 3.8) is 0 Å². The molecule has 10 heteroatoms. The monoisotopic (exact) mass is 523 g/mol. The molecule has 1 fully saturated rings. The number of benzene rings is 3. The third-order valence-corrected chi connectivity index (χ3v) is 5.94. The maximum Gasteiger partial charge on any atom is 0.335 e. The predicted molar refractivity (Wildman–Crippen MR) is 137 cm³/mol. The zero-order chi connectivity index (χ0) is 25.8. The van der Waals surface area contributed by atoms with Crippen LogP contribution < -0.4 is 20.3 Å². The Balaban J connectivity index is 1.50. The molecular formula is C26H19Cl2N3O5. The van der Waals surface area contributed by atoms with Gasteiger partial charge in [-0.3, -0.25) is 19.7 Å². The normalized spacial score (nSPS) is 14.6. The van der Waals surface area contributed by atoms with Gasteiger partial charge in [0.2, 0.25) is 0 Å². The van der Waals surface area contributed by atoms with Gasteiger partial charge in [0.25, 0.3) is 17.7 Å². The van der Waals surface area contributed by atoms with Crippen molar-refractivity contribution in [3.05, 3.63) is 93.5 Å². The Morgan fingerprint density at radius 2 is 1.78 bits per heavy atom. The molecule has 0 aromatic heterocycles. The summed E-state index contributed by atoms with van der Waals surface area (Å²) < 4.78 is 5.55. The molecule has 36 heavy (non-hydrogen) atoms. The second-order valence-electron chi connectivity index (χ2n) is 7.78. The van der Waals surface area contributed by atoms with Crippen molar-refractivity contribution in [2.75, 3.05) is 16.8 Å². The molecule has 0 spiro atoms. The van der Waals surface area contributed by atoms with Crippen LogP contribution in [-0.4, -0.2) is 30.4 Å². The molecule has 1 heterocycles. The third-order valence-electron chi connectivity index (χ3n) is 5.20. The van der Waals surface area contributed by atoms with Crippen LogP contribution in [0.4, 0.5) is 16.2 Å². The van der Waals surface area contributed by atoms with Crippen LogP contribution in [0.3, 0.4) is 0 Å². The summed E-state index contributed by atoms with van der Waals surface area (Å²) in [5.41, 5.74) is 1.67. The standard InChI is InChI=1S/C26H19Cl2N3O5/c1-15-9-10-17(13-21(15)28)31-25(34)19(24(33)30-26(31)35)12-16-5-4-6-18(11-16)36-14-23(32)29-22-8-3-2-7-20(22)27/h2-13H,14H2,1H3,(H,29,32)(H,30,33,35)/b19-12+. The van der Waals surface area contributed by atoms with Crippen molar-refractivity contribution >= 4 is 64.4 Å². The lowest BCUT2D eigenvalue weighted by Gasteiger charge is -2.26. The highest BCUT2D eigenvalue weighted by Crippen LogP contribution is 2.27. The number of ether oxygens (including phenoxy) is 1. The van der Waals surface area contributed by atoms with Crippen molar-refractivity contribution in [1.82, 2.24) is 5.32 Å². The van der Waals surface area contributed by atoms with Crippen molar-refractivity contribution in [1.29, 1.82) is 0 Å². The number of urea groups is 1. The van der Waals surface area contributed by atoms with Crippen LogP contribution in [-0.2, 0) is 14.4 Å². The number of hydrogen-bond acceptors (Lipinski definition) is 5. The molecule has 2 N–H and O–H groups in total. The number of para-hydroxylation sites is 1. The van der Waals surface area contributed by atoms with Gasteiger partial charge in [0, 0.05) is 5.02 Å². The number of carbonyl (C=O) groups excluding carboxylic acids is 4. The van der Waals surface area contributed by atoms with E-state index in [-0.39, 0.29) is 17.9 Å². The third kappa shape index (κ3) is 5.56. The van der Waals surface area contributed by atoms with Gasteiger partial charge < -0.3 is 10.1 Å². The smallest absolute Gasteiger partial charge is 0.335 e. The Morgan fingerprint density at radius 1 is 1.00 bits per heavy atom. The highest BCUT2D eigenvalue weighted by Gasteiger charge is 2.37. The lowest BCUT2D eigenvalue weighted by molar-refractivity contribution is -0.122. The van der Waals surface area contributed by atoms with Crippen LogP contribution in [0.25, 0.3) is 6.08 Å². The number of rotatable bonds is 6. The SMILES string of the molecule is Cc1ccc(N2C(=O)NC(=O)/C(=C\c3cccc(OCC(=O)Nc4ccccc4Cl)c3)C2=O)cc1Cl. The van der Waals surface area contributed by atoms with Crippen LogP contribution >= 0.6 is 23.2 Å². The van der Waals surface area contributed by atoms with Crippen molar-refractivity contribution in [2.24, 2.45) is 0 Å². The number of carbonyl (C=O) groups is 4. The Labute approximate surface area is 216 Å². The van der Waals surface area contributed by atoms with Gasteiger partial charge in [-0.15, -0.1) is 0 Å². The number of imide groups is 2. The van der Waals surface area contributed by atoms with Crippen LogP contribution in [0.2, 0.25) is 10.0 Å². The Morgan fingerprint density at radius 3 is 2.53 bits per heavy atom. The highest BCUT2D eigenvalue weighted by molar-refractivity contribution is 6.39. The molecule has 0 unspecified atom stereocenters. The summed E-state index contributed by atoms with van der Waals surface area (Å²) in [6.07, 6.45) is 1.34. The first-order valence-electron chi connectivity index (χ1n) is 10.7. The van der Waals surface area contributed by atoms with Gasteiger partial charge in [-0.05, 0) is 60.5 Å². The van der Waals surface area contributed by atoms with E-state index in [9.17, 15) is 19.2 Å². The molecule has 182 valence electrons. The number of halogens is 2. The zero-order valence-corrected chi connectivity index (χ0v) is 20.4. The minimum atomic E-state index is -0.872. The molecule has 3 aromatic carbocycles. The number of anilines is 2. The molecule has 0 bridgehead atoms. The van der Waals surface area contributed by atoms with E-state index in [4.69, 9.17) is 27.9 Å². The molecule has 4 rings (SSSR count). The fourth-order valence-electron chi connectivity index (χ4n) is 3.37. The number of barbiturate groups is 1. The van der Waals surface area contributed by atoms with E-state index in [0.717, 1.165) is 10.5 Å². The first-order valence-corrected chi connectivity index (χ1v) is 11.4. The van der Waals surface area contributed by atoms with E-state index in [1.165, 1.54) is 12.1 Å². The minimum absolute atomic E-state index is 0.230. The summed E-state index contributed by atoms with van der Waals surface area (Å²) in [6.45, 7) is 1.50. The van der Waals surface area contributed by atoms with Gasteiger partial charge in [0.15, 0.2) is 6.61 Å². The van der Waals surface area contributed by atoms with Crippen LogP contribution in [0.1, 0.15) is 11.1 Å². The Kier molecular flexibility index (Phi) is 7.38. The Hall–Kier alpha value is -4.14. The largest absolute Gasteiger partial charge is 0.484 e. The number of hydrogen-bond donors (Lipinski definition) is 2.